The van der Waals surface area contributed by atoms with Gasteiger partial charge in [-0.25, -0.2) is 17.8 Å². The molecule has 10 heteroatoms. The maximum absolute atomic E-state index is 12.7. The molecule has 1 aliphatic carbocycles. The molecule has 8 nitrogen and oxygen atoms in total. The van der Waals surface area contributed by atoms with Crippen molar-refractivity contribution in [2.75, 3.05) is 33.4 Å². The van der Waals surface area contributed by atoms with E-state index in [-0.39, 0.29) is 53.2 Å². The number of aromatic nitrogens is 1. The van der Waals surface area contributed by atoms with Crippen LogP contribution in [0.25, 0.3) is 0 Å². The average Bonchev–Trinajstić information content (AvgIpc) is 3.15. The second kappa shape index (κ2) is 7.29. The smallest absolute Gasteiger partial charge is 0.309 e. The first kappa shape index (κ1) is 18.7. The van der Waals surface area contributed by atoms with Crippen LogP contribution in [-0.4, -0.2) is 57.0 Å². The average molecular weight is 385 g/mol. The Balaban J connectivity index is 1.62. The van der Waals surface area contributed by atoms with Crippen molar-refractivity contribution < 1.29 is 27.1 Å². The zero-order chi connectivity index (χ0) is 18.9. The van der Waals surface area contributed by atoms with E-state index in [1.807, 2.05) is 0 Å². The third-order valence-electron chi connectivity index (χ3n) is 4.80. The third kappa shape index (κ3) is 3.44. The largest absolute Gasteiger partial charge is 0.473 e. The summed E-state index contributed by atoms with van der Waals surface area (Å²) in [5, 5.41) is 0. The van der Waals surface area contributed by atoms with Crippen LogP contribution in [0.4, 0.5) is 4.39 Å². The molecule has 1 aromatic rings. The van der Waals surface area contributed by atoms with E-state index in [0.717, 1.165) is 0 Å². The SMILES string of the molecule is COC(=O)C1C2CN(S(=O)(=O)c3ccc(OC/C(=C\F)CN)nc3)CC21. The predicted octanol–water partition coefficient (Wildman–Crippen LogP) is 0.312. The molecule has 3 rings (SSSR count). The van der Waals surface area contributed by atoms with Crippen LogP contribution in [-0.2, 0) is 19.6 Å². The Morgan fingerprint density at radius 3 is 2.62 bits per heavy atom. The summed E-state index contributed by atoms with van der Waals surface area (Å²) < 4.78 is 49.1. The van der Waals surface area contributed by atoms with Gasteiger partial charge in [0.15, 0.2) is 0 Å². The van der Waals surface area contributed by atoms with E-state index in [0.29, 0.717) is 19.4 Å². The lowest BCUT2D eigenvalue weighted by molar-refractivity contribution is -0.143. The summed E-state index contributed by atoms with van der Waals surface area (Å²) in [4.78, 5) is 15.5. The van der Waals surface area contributed by atoms with Crippen LogP contribution in [0.2, 0.25) is 0 Å². The molecule has 2 aliphatic rings. The Hall–Kier alpha value is -2.04. The van der Waals surface area contributed by atoms with E-state index in [2.05, 4.69) is 4.98 Å². The molecule has 1 aliphatic heterocycles. The van der Waals surface area contributed by atoms with E-state index >= 15 is 0 Å². The van der Waals surface area contributed by atoms with Crippen molar-refractivity contribution in [3.8, 4) is 5.88 Å². The van der Waals surface area contributed by atoms with Gasteiger partial charge in [0.2, 0.25) is 15.9 Å². The molecule has 2 unspecified atom stereocenters. The van der Waals surface area contributed by atoms with Crippen LogP contribution >= 0.6 is 0 Å². The van der Waals surface area contributed by atoms with Gasteiger partial charge in [0, 0.05) is 31.3 Å². The molecular formula is C16H20FN3O5S. The number of piperidine rings is 1. The number of hydrogen-bond donors (Lipinski definition) is 1. The number of pyridine rings is 1. The lowest BCUT2D eigenvalue weighted by atomic mass is 10.3. The second-order valence-corrected chi connectivity index (χ2v) is 8.23. The molecule has 1 saturated carbocycles. The first-order chi connectivity index (χ1) is 12.4. The first-order valence-electron chi connectivity index (χ1n) is 8.07. The highest BCUT2D eigenvalue weighted by molar-refractivity contribution is 7.89. The molecule has 0 amide bonds. The number of hydrogen-bond acceptors (Lipinski definition) is 7. The van der Waals surface area contributed by atoms with Gasteiger partial charge in [0.1, 0.15) is 11.5 Å². The van der Waals surface area contributed by atoms with Gasteiger partial charge in [-0.15, -0.1) is 0 Å². The number of rotatable bonds is 7. The molecule has 0 radical (unpaired) electrons. The molecule has 2 N–H and O–H groups in total. The molecular weight excluding hydrogens is 365 g/mol. The van der Waals surface area contributed by atoms with Gasteiger partial charge in [-0.05, 0) is 17.9 Å². The van der Waals surface area contributed by atoms with Crippen molar-refractivity contribution in [1.29, 1.82) is 0 Å². The molecule has 1 saturated heterocycles. The molecule has 142 valence electrons. The molecule has 0 spiro atoms. The Morgan fingerprint density at radius 2 is 2.12 bits per heavy atom. The Kier molecular flexibility index (Phi) is 5.26. The molecule has 0 aromatic carbocycles. The summed E-state index contributed by atoms with van der Waals surface area (Å²) >= 11 is 0. The van der Waals surface area contributed by atoms with Gasteiger partial charge in [0.05, 0.1) is 25.6 Å². The number of carbonyl (C=O) groups excluding carboxylic acids is 1. The standard InChI is InChI=1S/C16H20FN3O5S/c1-24-16(21)15-12-7-20(8-13(12)15)26(22,23)11-2-3-14(19-6-11)25-9-10(4-17)5-18/h2-4,6,12-13,15H,5,7-9,18H2,1H3/b10-4-. The van der Waals surface area contributed by atoms with Crippen LogP contribution in [0.15, 0.2) is 35.1 Å². The zero-order valence-corrected chi connectivity index (χ0v) is 15.0. The van der Waals surface area contributed by atoms with E-state index in [1.54, 1.807) is 0 Å². The van der Waals surface area contributed by atoms with Crippen LogP contribution in [0, 0.1) is 17.8 Å². The summed E-state index contributed by atoms with van der Waals surface area (Å²) in [7, 11) is -2.35. The second-order valence-electron chi connectivity index (χ2n) is 6.29. The number of ether oxygens (including phenoxy) is 2. The first-order valence-corrected chi connectivity index (χ1v) is 9.51. The highest BCUT2D eigenvalue weighted by Gasteiger charge is 2.62. The van der Waals surface area contributed by atoms with Gasteiger partial charge in [-0.3, -0.25) is 4.79 Å². The van der Waals surface area contributed by atoms with Crippen molar-refractivity contribution in [2.45, 2.75) is 4.90 Å². The Labute approximate surface area is 150 Å². The normalized spacial score (nSPS) is 25.7. The number of nitrogens with two attached hydrogens (primary N) is 1. The predicted molar refractivity (Wildman–Crippen MR) is 89.2 cm³/mol. The zero-order valence-electron chi connectivity index (χ0n) is 14.2. The molecule has 1 aromatic heterocycles. The number of nitrogens with zero attached hydrogens (tertiary/aromatic N) is 2. The monoisotopic (exact) mass is 385 g/mol. The fourth-order valence-corrected chi connectivity index (χ4v) is 4.69. The Morgan fingerprint density at radius 1 is 1.42 bits per heavy atom. The van der Waals surface area contributed by atoms with Crippen molar-refractivity contribution in [2.24, 2.45) is 23.5 Å². The third-order valence-corrected chi connectivity index (χ3v) is 6.62. The summed E-state index contributed by atoms with van der Waals surface area (Å²) in [6, 6.07) is 2.80. The number of methoxy groups -OCH3 is 1. The van der Waals surface area contributed by atoms with Crippen molar-refractivity contribution in [1.82, 2.24) is 9.29 Å². The number of halogens is 1. The minimum atomic E-state index is -3.68. The molecule has 26 heavy (non-hydrogen) atoms. The minimum absolute atomic E-state index is 0.0207. The topological polar surface area (TPSA) is 112 Å². The number of sulfonamides is 1. The van der Waals surface area contributed by atoms with E-state index in [1.165, 1.54) is 29.7 Å². The summed E-state index contributed by atoms with van der Waals surface area (Å²) in [6.07, 6.45) is 1.58. The molecule has 0 bridgehead atoms. The Bertz CT molecular complexity index is 800. The maximum atomic E-state index is 12.7. The van der Waals surface area contributed by atoms with Gasteiger partial charge >= 0.3 is 5.97 Å². The highest BCUT2D eigenvalue weighted by atomic mass is 32.2. The van der Waals surface area contributed by atoms with E-state index in [9.17, 15) is 17.6 Å². The highest BCUT2D eigenvalue weighted by Crippen LogP contribution is 2.53. The van der Waals surface area contributed by atoms with Gasteiger partial charge in [-0.1, -0.05) is 0 Å². The van der Waals surface area contributed by atoms with E-state index < -0.39 is 10.0 Å². The summed E-state index contributed by atoms with van der Waals surface area (Å²) in [6.45, 7) is 0.557. The molecule has 2 atom stereocenters. The number of esters is 1. The quantitative estimate of drug-likeness (QED) is 0.672. The van der Waals surface area contributed by atoms with Gasteiger partial charge in [0.25, 0.3) is 0 Å². The van der Waals surface area contributed by atoms with Crippen LogP contribution in [0.3, 0.4) is 0 Å². The van der Waals surface area contributed by atoms with E-state index in [4.69, 9.17) is 15.2 Å². The lowest BCUT2D eigenvalue weighted by Crippen LogP contribution is -2.32. The van der Waals surface area contributed by atoms with Crippen LogP contribution in [0.1, 0.15) is 0 Å². The number of carbonyl (C=O) groups is 1. The minimum Gasteiger partial charge on any atom is -0.473 e. The lowest BCUT2D eigenvalue weighted by Gasteiger charge is -2.19. The fourth-order valence-electron chi connectivity index (χ4n) is 3.23. The van der Waals surface area contributed by atoms with Crippen LogP contribution < -0.4 is 10.5 Å². The maximum Gasteiger partial charge on any atom is 0.309 e. The van der Waals surface area contributed by atoms with Crippen molar-refractivity contribution >= 4 is 16.0 Å². The van der Waals surface area contributed by atoms with Crippen molar-refractivity contribution in [3.63, 3.8) is 0 Å². The van der Waals surface area contributed by atoms with Crippen LogP contribution in [0.5, 0.6) is 5.88 Å². The molecule has 2 heterocycles. The van der Waals surface area contributed by atoms with Gasteiger partial charge < -0.3 is 15.2 Å². The summed E-state index contributed by atoms with van der Waals surface area (Å²) in [5.74, 6) is -0.253. The number of fused-ring (bicyclic) bond motifs is 1. The van der Waals surface area contributed by atoms with Gasteiger partial charge in [-0.2, -0.15) is 4.31 Å². The summed E-state index contributed by atoms with van der Waals surface area (Å²) in [5.41, 5.74) is 5.59. The fraction of sp³-hybridized carbons (Fsp3) is 0.500. The van der Waals surface area contributed by atoms with Crippen molar-refractivity contribution in [3.05, 3.63) is 30.2 Å². The molecule has 2 fully saturated rings.